The predicted octanol–water partition coefficient (Wildman–Crippen LogP) is 4.27. The molecule has 0 unspecified atom stereocenters. The molecule has 1 aromatic rings. The molecule has 1 aliphatic carbocycles. The van der Waals surface area contributed by atoms with Crippen LogP contribution in [0.1, 0.15) is 37.3 Å². The van der Waals surface area contributed by atoms with Crippen molar-refractivity contribution in [3.63, 3.8) is 0 Å². The Bertz CT molecular complexity index is 563. The second-order valence-electron chi connectivity index (χ2n) is 6.54. The van der Waals surface area contributed by atoms with Crippen LogP contribution in [0.5, 0.6) is 11.5 Å². The number of piperazine rings is 1. The number of nitrogens with zero attached hydrogens (tertiary/aromatic N) is 1. The summed E-state index contributed by atoms with van der Waals surface area (Å²) >= 11 is 0. The fourth-order valence-electron chi connectivity index (χ4n) is 3.95. The molecule has 26 heavy (non-hydrogen) atoms. The maximum absolute atomic E-state index is 12.5. The number of aromatic hydroxyl groups is 1. The lowest BCUT2D eigenvalue weighted by Crippen LogP contribution is -2.46. The van der Waals surface area contributed by atoms with E-state index in [1.54, 1.807) is 0 Å². The van der Waals surface area contributed by atoms with E-state index < -0.39 is 6.36 Å². The van der Waals surface area contributed by atoms with E-state index in [1.807, 2.05) is 0 Å². The van der Waals surface area contributed by atoms with Gasteiger partial charge in [-0.05, 0) is 37.0 Å². The van der Waals surface area contributed by atoms with Crippen LogP contribution in [0.4, 0.5) is 13.2 Å². The van der Waals surface area contributed by atoms with Crippen molar-refractivity contribution >= 4 is 24.8 Å². The topological polar surface area (TPSA) is 44.7 Å². The van der Waals surface area contributed by atoms with Crippen LogP contribution < -0.4 is 10.1 Å². The molecule has 1 saturated carbocycles. The Hall–Kier alpha value is -0.890. The van der Waals surface area contributed by atoms with E-state index in [0.29, 0.717) is 11.5 Å². The first-order valence-corrected chi connectivity index (χ1v) is 8.47. The van der Waals surface area contributed by atoms with Crippen LogP contribution in [0.25, 0.3) is 0 Å². The van der Waals surface area contributed by atoms with Gasteiger partial charge in [-0.25, -0.2) is 0 Å². The van der Waals surface area contributed by atoms with E-state index in [1.165, 1.54) is 12.1 Å². The van der Waals surface area contributed by atoms with Crippen molar-refractivity contribution < 1.29 is 23.0 Å². The number of benzene rings is 1. The molecule has 2 fully saturated rings. The van der Waals surface area contributed by atoms with E-state index in [9.17, 15) is 18.3 Å². The third-order valence-corrected chi connectivity index (χ3v) is 4.94. The zero-order chi connectivity index (χ0) is 17.2. The largest absolute Gasteiger partial charge is 0.573 e. The van der Waals surface area contributed by atoms with Crippen molar-refractivity contribution in [3.8, 4) is 11.5 Å². The summed E-state index contributed by atoms with van der Waals surface area (Å²) in [7, 11) is 0. The van der Waals surface area contributed by atoms with Crippen molar-refractivity contribution in [1.29, 1.82) is 0 Å². The first-order valence-electron chi connectivity index (χ1n) is 8.47. The third kappa shape index (κ3) is 5.81. The second kappa shape index (κ2) is 9.88. The summed E-state index contributed by atoms with van der Waals surface area (Å²) in [6, 6.07) is 3.76. The summed E-state index contributed by atoms with van der Waals surface area (Å²) in [6.45, 7) is 3.35. The van der Waals surface area contributed by atoms with Crippen LogP contribution in [0, 0.1) is 5.92 Å². The van der Waals surface area contributed by atoms with Gasteiger partial charge in [-0.3, -0.25) is 4.90 Å². The number of halogens is 5. The summed E-state index contributed by atoms with van der Waals surface area (Å²) in [4.78, 5) is 2.28. The number of hydrogen-bond acceptors (Lipinski definition) is 4. The smallest absolute Gasteiger partial charge is 0.508 e. The van der Waals surface area contributed by atoms with E-state index in [-0.39, 0.29) is 42.4 Å². The van der Waals surface area contributed by atoms with Gasteiger partial charge in [0.15, 0.2) is 0 Å². The van der Waals surface area contributed by atoms with Gasteiger partial charge in [0, 0.05) is 37.8 Å². The molecular weight excluding hydrogens is 392 g/mol. The van der Waals surface area contributed by atoms with E-state index in [0.717, 1.165) is 57.9 Å². The van der Waals surface area contributed by atoms with Gasteiger partial charge in [0.25, 0.3) is 0 Å². The first kappa shape index (κ1) is 23.1. The summed E-state index contributed by atoms with van der Waals surface area (Å²) in [5.41, 5.74) is 0.547. The van der Waals surface area contributed by atoms with Crippen molar-refractivity contribution in [1.82, 2.24) is 10.2 Å². The lowest BCUT2D eigenvalue weighted by atomic mass is 9.89. The van der Waals surface area contributed by atoms with Gasteiger partial charge in [-0.2, -0.15) is 0 Å². The fourth-order valence-corrected chi connectivity index (χ4v) is 3.95. The summed E-state index contributed by atoms with van der Waals surface area (Å²) in [6.07, 6.45) is -0.386. The Morgan fingerprint density at radius 2 is 1.73 bits per heavy atom. The fraction of sp³-hybridized carbons (Fsp3) is 0.647. The molecule has 0 bridgehead atoms. The predicted molar refractivity (Wildman–Crippen MR) is 98.4 cm³/mol. The number of phenols is 1. The molecule has 0 radical (unpaired) electrons. The van der Waals surface area contributed by atoms with Crippen LogP contribution in [0.3, 0.4) is 0 Å². The van der Waals surface area contributed by atoms with E-state index in [2.05, 4.69) is 15.0 Å². The van der Waals surface area contributed by atoms with Gasteiger partial charge >= 0.3 is 6.36 Å². The molecule has 1 saturated heterocycles. The Balaban J connectivity index is 0.00000169. The average molecular weight is 417 g/mol. The van der Waals surface area contributed by atoms with Gasteiger partial charge in [-0.15, -0.1) is 38.0 Å². The molecule has 2 aliphatic rings. The average Bonchev–Trinajstić information content (AvgIpc) is 3.04. The number of nitrogens with one attached hydrogen (secondary N) is 1. The SMILES string of the molecule is Cl.Cl.Oc1ccc(OC(F)(F)F)cc1[C@@H](C1CCCC1)N1CCNCC1. The highest BCUT2D eigenvalue weighted by molar-refractivity contribution is 5.85. The molecule has 1 atom stereocenters. The zero-order valence-corrected chi connectivity index (χ0v) is 15.9. The molecule has 4 nitrogen and oxygen atoms in total. The lowest BCUT2D eigenvalue weighted by Gasteiger charge is -2.39. The summed E-state index contributed by atoms with van der Waals surface area (Å²) < 4.78 is 41.6. The Labute approximate surface area is 163 Å². The minimum atomic E-state index is -4.73. The Kier molecular flexibility index (Phi) is 8.79. The van der Waals surface area contributed by atoms with Crippen molar-refractivity contribution in [2.24, 2.45) is 5.92 Å². The maximum Gasteiger partial charge on any atom is 0.573 e. The number of alkyl halides is 3. The van der Waals surface area contributed by atoms with Gasteiger partial charge in [0.2, 0.25) is 0 Å². The molecule has 0 aromatic heterocycles. The van der Waals surface area contributed by atoms with Gasteiger partial charge in [0.1, 0.15) is 11.5 Å². The number of phenolic OH excluding ortho intramolecular Hbond substituents is 1. The molecule has 3 rings (SSSR count). The van der Waals surface area contributed by atoms with Gasteiger partial charge in [-0.1, -0.05) is 12.8 Å². The molecule has 1 heterocycles. The zero-order valence-electron chi connectivity index (χ0n) is 14.3. The number of rotatable bonds is 4. The summed E-state index contributed by atoms with van der Waals surface area (Å²) in [5, 5.41) is 13.6. The highest BCUT2D eigenvalue weighted by atomic mass is 35.5. The molecule has 0 spiro atoms. The van der Waals surface area contributed by atoms with Gasteiger partial charge < -0.3 is 15.2 Å². The van der Waals surface area contributed by atoms with E-state index in [4.69, 9.17) is 0 Å². The van der Waals surface area contributed by atoms with Crippen molar-refractivity contribution in [2.45, 2.75) is 38.1 Å². The van der Waals surface area contributed by atoms with Crippen molar-refractivity contribution in [2.75, 3.05) is 26.2 Å². The van der Waals surface area contributed by atoms with Crippen LogP contribution in [0.2, 0.25) is 0 Å². The summed E-state index contributed by atoms with van der Waals surface area (Å²) in [5.74, 6) is 0.128. The van der Waals surface area contributed by atoms with Gasteiger partial charge in [0.05, 0.1) is 0 Å². The molecule has 1 aliphatic heterocycles. The van der Waals surface area contributed by atoms with Crippen LogP contribution in [0.15, 0.2) is 18.2 Å². The third-order valence-electron chi connectivity index (χ3n) is 4.94. The van der Waals surface area contributed by atoms with Crippen LogP contribution >= 0.6 is 24.8 Å². The molecular formula is C17H25Cl2F3N2O2. The number of ether oxygens (including phenoxy) is 1. The van der Waals surface area contributed by atoms with Crippen molar-refractivity contribution in [3.05, 3.63) is 23.8 Å². The van der Waals surface area contributed by atoms with Crippen LogP contribution in [-0.2, 0) is 0 Å². The first-order chi connectivity index (χ1) is 11.4. The minimum absolute atomic E-state index is 0. The standard InChI is InChI=1S/C17H23F3N2O2.2ClH/c18-17(19,20)24-13-5-6-15(23)14(11-13)16(12-3-1-2-4-12)22-9-7-21-8-10-22;;/h5-6,11-12,16,21,23H,1-4,7-10H2;2*1H/t16-;;/m1../s1. The van der Waals surface area contributed by atoms with E-state index >= 15 is 0 Å². The minimum Gasteiger partial charge on any atom is -0.508 e. The maximum atomic E-state index is 12.5. The molecule has 2 N–H and O–H groups in total. The quantitative estimate of drug-likeness (QED) is 0.768. The Morgan fingerprint density at radius 1 is 1.12 bits per heavy atom. The normalized spacial score (nSPS) is 20.1. The highest BCUT2D eigenvalue weighted by Crippen LogP contribution is 2.43. The Morgan fingerprint density at radius 3 is 2.31 bits per heavy atom. The number of hydrogen-bond donors (Lipinski definition) is 2. The monoisotopic (exact) mass is 416 g/mol. The molecule has 150 valence electrons. The second-order valence-corrected chi connectivity index (χ2v) is 6.54. The van der Waals surface area contributed by atoms with Crippen LogP contribution in [-0.4, -0.2) is 42.5 Å². The lowest BCUT2D eigenvalue weighted by molar-refractivity contribution is -0.274. The molecule has 1 aromatic carbocycles. The highest BCUT2D eigenvalue weighted by Gasteiger charge is 2.35. The molecule has 9 heteroatoms. The molecule has 0 amide bonds.